The van der Waals surface area contributed by atoms with Gasteiger partial charge in [-0.15, -0.1) is 5.10 Å². The van der Waals surface area contributed by atoms with Crippen molar-refractivity contribution in [2.45, 2.75) is 4.90 Å². The first-order chi connectivity index (χ1) is 10.8. The van der Waals surface area contributed by atoms with Crippen LogP contribution in [0, 0.1) is 0 Å². The summed E-state index contributed by atoms with van der Waals surface area (Å²) in [5.74, 6) is -0.332. The van der Waals surface area contributed by atoms with Gasteiger partial charge in [0.15, 0.2) is 0 Å². The van der Waals surface area contributed by atoms with Crippen LogP contribution in [0.5, 0.6) is 0 Å². The topological polar surface area (TPSA) is 120 Å². The Labute approximate surface area is 132 Å². The van der Waals surface area contributed by atoms with Crippen LogP contribution in [0.3, 0.4) is 0 Å². The zero-order valence-electron chi connectivity index (χ0n) is 12.1. The summed E-state index contributed by atoms with van der Waals surface area (Å²) in [6, 6.07) is 10.7. The van der Waals surface area contributed by atoms with E-state index in [1.807, 2.05) is 0 Å². The van der Waals surface area contributed by atoms with Gasteiger partial charge in [-0.3, -0.25) is 4.79 Å². The molecule has 2 aromatic carbocycles. The van der Waals surface area contributed by atoms with E-state index in [0.717, 1.165) is 5.52 Å². The Hall–Kier alpha value is -2.78. The van der Waals surface area contributed by atoms with Crippen molar-refractivity contribution >= 4 is 32.7 Å². The molecule has 1 aromatic heterocycles. The zero-order chi connectivity index (χ0) is 16.6. The monoisotopic (exact) mass is 331 g/mol. The molecule has 0 saturated carbocycles. The summed E-state index contributed by atoms with van der Waals surface area (Å²) < 4.78 is 24.0. The predicted octanol–water partition coefficient (Wildman–Crippen LogP) is 0.868. The maximum absolute atomic E-state index is 12.2. The molecular weight excluding hydrogens is 318 g/mol. The SMILES string of the molecule is Cn1nnc2cc(C(=O)Nc3ccc(S(N)(=O)=O)cc3)ccc21. The van der Waals surface area contributed by atoms with E-state index in [2.05, 4.69) is 15.6 Å². The van der Waals surface area contributed by atoms with E-state index in [4.69, 9.17) is 5.14 Å². The van der Waals surface area contributed by atoms with E-state index in [0.29, 0.717) is 16.8 Å². The van der Waals surface area contributed by atoms with Gasteiger partial charge < -0.3 is 5.32 Å². The minimum atomic E-state index is -3.75. The normalized spacial score (nSPS) is 11.6. The predicted molar refractivity (Wildman–Crippen MR) is 84.3 cm³/mol. The van der Waals surface area contributed by atoms with Crippen molar-refractivity contribution in [3.63, 3.8) is 0 Å². The van der Waals surface area contributed by atoms with Crippen LogP contribution < -0.4 is 10.5 Å². The van der Waals surface area contributed by atoms with Gasteiger partial charge in [-0.1, -0.05) is 5.21 Å². The van der Waals surface area contributed by atoms with Gasteiger partial charge in [-0.2, -0.15) is 0 Å². The van der Waals surface area contributed by atoms with Gasteiger partial charge in [0, 0.05) is 18.3 Å². The number of sulfonamides is 1. The second kappa shape index (κ2) is 5.45. The summed E-state index contributed by atoms with van der Waals surface area (Å²) >= 11 is 0. The van der Waals surface area contributed by atoms with Crippen LogP contribution in [-0.2, 0) is 17.1 Å². The van der Waals surface area contributed by atoms with Crippen LogP contribution in [0.2, 0.25) is 0 Å². The minimum Gasteiger partial charge on any atom is -0.322 e. The smallest absolute Gasteiger partial charge is 0.255 e. The molecule has 0 aliphatic rings. The molecule has 0 unspecified atom stereocenters. The lowest BCUT2D eigenvalue weighted by molar-refractivity contribution is 0.102. The highest BCUT2D eigenvalue weighted by Gasteiger charge is 2.11. The quantitative estimate of drug-likeness (QED) is 0.738. The Bertz CT molecular complexity index is 993. The third-order valence-corrected chi connectivity index (χ3v) is 4.24. The largest absolute Gasteiger partial charge is 0.322 e. The molecule has 1 amide bonds. The number of aryl methyl sites for hydroxylation is 1. The molecule has 0 saturated heterocycles. The molecule has 0 aliphatic heterocycles. The zero-order valence-corrected chi connectivity index (χ0v) is 12.9. The number of carbonyl (C=O) groups excluding carboxylic acids is 1. The summed E-state index contributed by atoms with van der Waals surface area (Å²) in [5, 5.41) is 15.5. The highest BCUT2D eigenvalue weighted by Crippen LogP contribution is 2.16. The third-order valence-electron chi connectivity index (χ3n) is 3.31. The molecule has 3 rings (SSSR count). The number of nitrogens with one attached hydrogen (secondary N) is 1. The number of nitrogens with two attached hydrogens (primary N) is 1. The number of hydrogen-bond acceptors (Lipinski definition) is 5. The Balaban J connectivity index is 1.82. The molecule has 0 atom stereocenters. The fourth-order valence-corrected chi connectivity index (χ4v) is 2.63. The van der Waals surface area contributed by atoms with Crippen molar-refractivity contribution in [2.75, 3.05) is 5.32 Å². The summed E-state index contributed by atoms with van der Waals surface area (Å²) in [6.45, 7) is 0. The maximum atomic E-state index is 12.2. The summed E-state index contributed by atoms with van der Waals surface area (Å²) in [6.07, 6.45) is 0. The molecule has 1 heterocycles. The number of carbonyl (C=O) groups is 1. The molecule has 3 N–H and O–H groups in total. The summed E-state index contributed by atoms with van der Waals surface area (Å²) in [4.78, 5) is 12.2. The van der Waals surface area contributed by atoms with Gasteiger partial charge in [-0.05, 0) is 42.5 Å². The Kier molecular flexibility index (Phi) is 3.58. The second-order valence-corrected chi connectivity index (χ2v) is 6.50. The van der Waals surface area contributed by atoms with Crippen LogP contribution >= 0.6 is 0 Å². The van der Waals surface area contributed by atoms with Crippen molar-refractivity contribution in [1.82, 2.24) is 15.0 Å². The number of amides is 1. The number of primary sulfonamides is 1. The van der Waals surface area contributed by atoms with Crippen LogP contribution in [0.25, 0.3) is 11.0 Å². The fraction of sp³-hybridized carbons (Fsp3) is 0.0714. The van der Waals surface area contributed by atoms with Crippen molar-refractivity contribution in [3.05, 3.63) is 48.0 Å². The number of anilines is 1. The van der Waals surface area contributed by atoms with E-state index >= 15 is 0 Å². The van der Waals surface area contributed by atoms with Gasteiger partial charge in [0.05, 0.1) is 10.4 Å². The summed E-state index contributed by atoms with van der Waals surface area (Å²) in [5.41, 5.74) is 2.32. The average molecular weight is 331 g/mol. The van der Waals surface area contributed by atoms with Gasteiger partial charge >= 0.3 is 0 Å². The van der Waals surface area contributed by atoms with Crippen LogP contribution in [-0.4, -0.2) is 29.3 Å². The number of nitrogens with zero attached hydrogens (tertiary/aromatic N) is 3. The molecule has 23 heavy (non-hydrogen) atoms. The van der Waals surface area contributed by atoms with Crippen molar-refractivity contribution < 1.29 is 13.2 Å². The van der Waals surface area contributed by atoms with Gasteiger partial charge in [0.25, 0.3) is 5.91 Å². The fourth-order valence-electron chi connectivity index (χ4n) is 2.11. The molecule has 0 spiro atoms. The molecule has 8 nitrogen and oxygen atoms in total. The van der Waals surface area contributed by atoms with Crippen LogP contribution in [0.1, 0.15) is 10.4 Å². The molecule has 9 heteroatoms. The molecule has 0 fully saturated rings. The second-order valence-electron chi connectivity index (χ2n) is 4.94. The first kappa shape index (κ1) is 15.1. The van der Waals surface area contributed by atoms with Crippen molar-refractivity contribution in [2.24, 2.45) is 12.2 Å². The number of aromatic nitrogens is 3. The van der Waals surface area contributed by atoms with Gasteiger partial charge in [0.2, 0.25) is 10.0 Å². The standard InChI is InChI=1S/C14H13N5O3S/c1-19-13-7-2-9(8-12(13)17-18-19)14(20)16-10-3-5-11(6-4-10)23(15,21)22/h2-8H,1H3,(H,16,20)(H2,15,21,22). The van der Waals surface area contributed by atoms with E-state index in [9.17, 15) is 13.2 Å². The number of fused-ring (bicyclic) bond motifs is 1. The van der Waals surface area contributed by atoms with Crippen molar-refractivity contribution in [1.29, 1.82) is 0 Å². The first-order valence-electron chi connectivity index (χ1n) is 6.58. The molecule has 118 valence electrons. The Morgan fingerprint density at radius 3 is 2.52 bits per heavy atom. The third kappa shape index (κ3) is 3.05. The first-order valence-corrected chi connectivity index (χ1v) is 8.13. The number of rotatable bonds is 3. The minimum absolute atomic E-state index is 0.0171. The van der Waals surface area contributed by atoms with E-state index in [1.54, 1.807) is 29.9 Å². The van der Waals surface area contributed by atoms with Crippen molar-refractivity contribution in [3.8, 4) is 0 Å². The number of benzene rings is 2. The lowest BCUT2D eigenvalue weighted by Gasteiger charge is -2.06. The van der Waals surface area contributed by atoms with Gasteiger partial charge in [0.1, 0.15) is 5.52 Å². The molecule has 3 aromatic rings. The molecular formula is C14H13N5O3S. The van der Waals surface area contributed by atoms with Gasteiger partial charge in [-0.25, -0.2) is 18.2 Å². The molecule has 0 radical (unpaired) electrons. The molecule has 0 bridgehead atoms. The van der Waals surface area contributed by atoms with E-state index in [1.165, 1.54) is 24.3 Å². The maximum Gasteiger partial charge on any atom is 0.255 e. The average Bonchev–Trinajstić information content (AvgIpc) is 2.88. The molecule has 0 aliphatic carbocycles. The number of hydrogen-bond donors (Lipinski definition) is 2. The Morgan fingerprint density at radius 1 is 1.17 bits per heavy atom. The Morgan fingerprint density at radius 2 is 1.87 bits per heavy atom. The van der Waals surface area contributed by atoms with Crippen LogP contribution in [0.4, 0.5) is 5.69 Å². The van der Waals surface area contributed by atoms with Crippen LogP contribution in [0.15, 0.2) is 47.4 Å². The highest BCUT2D eigenvalue weighted by atomic mass is 32.2. The lowest BCUT2D eigenvalue weighted by atomic mass is 10.2. The van der Waals surface area contributed by atoms with E-state index in [-0.39, 0.29) is 10.8 Å². The highest BCUT2D eigenvalue weighted by molar-refractivity contribution is 7.89. The summed E-state index contributed by atoms with van der Waals surface area (Å²) in [7, 11) is -1.99. The van der Waals surface area contributed by atoms with E-state index < -0.39 is 10.0 Å². The lowest BCUT2D eigenvalue weighted by Crippen LogP contribution is -2.13.